The fourth-order valence-corrected chi connectivity index (χ4v) is 1.43. The lowest BCUT2D eigenvalue weighted by Gasteiger charge is -2.28. The lowest BCUT2D eigenvalue weighted by atomic mass is 9.92. The zero-order chi connectivity index (χ0) is 11.9. The summed E-state index contributed by atoms with van der Waals surface area (Å²) in [7, 11) is 0. The molecule has 0 aliphatic heterocycles. The highest BCUT2D eigenvalue weighted by molar-refractivity contribution is 5.86. The molecular weight excluding hydrogens is 192 g/mol. The number of hydrogen-bond acceptors (Lipinski definition) is 3. The summed E-state index contributed by atoms with van der Waals surface area (Å²) >= 11 is 0. The Morgan fingerprint density at radius 1 is 1.40 bits per heavy atom. The summed E-state index contributed by atoms with van der Waals surface area (Å²) in [4.78, 5) is 11.9. The third kappa shape index (κ3) is 4.18. The van der Waals surface area contributed by atoms with E-state index in [2.05, 4.69) is 5.32 Å². The highest BCUT2D eigenvalue weighted by atomic mass is 16.3. The van der Waals surface area contributed by atoms with E-state index >= 15 is 0 Å². The molecular formula is C11H24N2O2. The Labute approximate surface area is 92.2 Å². The molecule has 0 aliphatic rings. The molecule has 4 nitrogen and oxygen atoms in total. The van der Waals surface area contributed by atoms with Crippen LogP contribution >= 0.6 is 0 Å². The van der Waals surface area contributed by atoms with Gasteiger partial charge in [-0.15, -0.1) is 0 Å². The second kappa shape index (κ2) is 6.80. The lowest BCUT2D eigenvalue weighted by Crippen LogP contribution is -2.55. The van der Waals surface area contributed by atoms with Gasteiger partial charge >= 0.3 is 0 Å². The van der Waals surface area contributed by atoms with Crippen LogP contribution in [0.15, 0.2) is 0 Å². The van der Waals surface area contributed by atoms with Crippen molar-refractivity contribution in [2.75, 3.05) is 6.61 Å². The Bertz CT molecular complexity index is 191. The molecule has 15 heavy (non-hydrogen) atoms. The molecule has 0 aromatic carbocycles. The number of hydrogen-bond donors (Lipinski definition) is 3. The van der Waals surface area contributed by atoms with E-state index in [9.17, 15) is 4.79 Å². The van der Waals surface area contributed by atoms with E-state index < -0.39 is 5.54 Å². The van der Waals surface area contributed by atoms with Gasteiger partial charge in [0, 0.05) is 12.6 Å². The molecule has 0 heterocycles. The SMILES string of the molecule is CCC(CCO)NC(=O)C(N)(CC)CC. The number of nitrogens with two attached hydrogens (primary N) is 1. The van der Waals surface area contributed by atoms with Crippen molar-refractivity contribution in [2.45, 2.75) is 58.0 Å². The molecule has 0 aromatic rings. The summed E-state index contributed by atoms with van der Waals surface area (Å²) in [5.41, 5.74) is 5.20. The number of amides is 1. The van der Waals surface area contributed by atoms with Gasteiger partial charge < -0.3 is 16.2 Å². The van der Waals surface area contributed by atoms with E-state index in [0.29, 0.717) is 19.3 Å². The largest absolute Gasteiger partial charge is 0.396 e. The zero-order valence-corrected chi connectivity index (χ0v) is 10.0. The predicted octanol–water partition coefficient (Wildman–Crippen LogP) is 0.781. The van der Waals surface area contributed by atoms with Gasteiger partial charge in [0.15, 0.2) is 0 Å². The standard InChI is InChI=1S/C11H24N2O2/c1-4-9(7-8-14)13-10(15)11(12,5-2)6-3/h9,14H,4-8,12H2,1-3H3,(H,13,15). The molecule has 1 amide bonds. The highest BCUT2D eigenvalue weighted by Gasteiger charge is 2.30. The maximum Gasteiger partial charge on any atom is 0.240 e. The first-order valence-electron chi connectivity index (χ1n) is 5.74. The van der Waals surface area contributed by atoms with Gasteiger partial charge in [0.2, 0.25) is 5.91 Å². The van der Waals surface area contributed by atoms with E-state index in [1.54, 1.807) is 0 Å². The van der Waals surface area contributed by atoms with Crippen LogP contribution in [0, 0.1) is 0 Å². The highest BCUT2D eigenvalue weighted by Crippen LogP contribution is 2.12. The number of nitrogens with one attached hydrogen (secondary N) is 1. The van der Waals surface area contributed by atoms with Gasteiger partial charge in [-0.2, -0.15) is 0 Å². The minimum atomic E-state index is -0.761. The summed E-state index contributed by atoms with van der Waals surface area (Å²) in [6, 6.07) is 0.0310. The topological polar surface area (TPSA) is 75.3 Å². The van der Waals surface area contributed by atoms with Crippen LogP contribution < -0.4 is 11.1 Å². The number of carbonyl (C=O) groups excluding carboxylic acids is 1. The first kappa shape index (κ1) is 14.4. The normalized spacial score (nSPS) is 13.7. The molecule has 1 unspecified atom stereocenters. The van der Waals surface area contributed by atoms with E-state index in [0.717, 1.165) is 6.42 Å². The lowest BCUT2D eigenvalue weighted by molar-refractivity contribution is -0.127. The molecule has 4 N–H and O–H groups in total. The summed E-state index contributed by atoms with van der Waals surface area (Å²) in [6.45, 7) is 5.90. The first-order chi connectivity index (χ1) is 7.03. The second-order valence-corrected chi connectivity index (χ2v) is 3.95. The molecule has 0 aromatic heterocycles. The molecule has 0 spiro atoms. The van der Waals surface area contributed by atoms with Crippen molar-refractivity contribution >= 4 is 5.91 Å². The van der Waals surface area contributed by atoms with Gasteiger partial charge in [-0.1, -0.05) is 20.8 Å². The van der Waals surface area contributed by atoms with Crippen molar-refractivity contribution in [3.63, 3.8) is 0 Å². The monoisotopic (exact) mass is 216 g/mol. The Kier molecular flexibility index (Phi) is 6.52. The third-order valence-corrected chi connectivity index (χ3v) is 3.02. The van der Waals surface area contributed by atoms with Gasteiger partial charge in [-0.3, -0.25) is 4.79 Å². The van der Waals surface area contributed by atoms with Crippen molar-refractivity contribution in [3.05, 3.63) is 0 Å². The maximum absolute atomic E-state index is 11.9. The fourth-order valence-electron chi connectivity index (χ4n) is 1.43. The Morgan fingerprint density at radius 3 is 2.27 bits per heavy atom. The predicted molar refractivity (Wildman–Crippen MR) is 61.4 cm³/mol. The second-order valence-electron chi connectivity index (χ2n) is 3.95. The van der Waals surface area contributed by atoms with Crippen molar-refractivity contribution in [3.8, 4) is 0 Å². The van der Waals surface area contributed by atoms with E-state index in [4.69, 9.17) is 10.8 Å². The molecule has 0 radical (unpaired) electrons. The summed E-state index contributed by atoms with van der Waals surface area (Å²) in [5, 5.41) is 11.7. The van der Waals surface area contributed by atoms with E-state index in [1.165, 1.54) is 0 Å². The van der Waals surface area contributed by atoms with Crippen molar-refractivity contribution in [2.24, 2.45) is 5.73 Å². The molecule has 0 saturated heterocycles. The van der Waals surface area contributed by atoms with Gasteiger partial charge in [-0.05, 0) is 25.7 Å². The molecule has 90 valence electrons. The number of rotatable bonds is 7. The van der Waals surface area contributed by atoms with Crippen LogP contribution in [-0.4, -0.2) is 29.2 Å². The Balaban J connectivity index is 4.31. The quantitative estimate of drug-likeness (QED) is 0.588. The Hall–Kier alpha value is -0.610. The van der Waals surface area contributed by atoms with Crippen molar-refractivity contribution in [1.29, 1.82) is 0 Å². The number of carbonyl (C=O) groups is 1. The summed E-state index contributed by atoms with van der Waals surface area (Å²) in [5.74, 6) is -0.104. The van der Waals surface area contributed by atoms with Gasteiger partial charge in [0.05, 0.1) is 5.54 Å². The minimum Gasteiger partial charge on any atom is -0.396 e. The average Bonchev–Trinajstić information content (AvgIpc) is 2.27. The molecule has 4 heteroatoms. The van der Waals surface area contributed by atoms with Crippen molar-refractivity contribution < 1.29 is 9.90 Å². The first-order valence-corrected chi connectivity index (χ1v) is 5.74. The smallest absolute Gasteiger partial charge is 0.240 e. The van der Waals surface area contributed by atoms with Crippen LogP contribution in [0.5, 0.6) is 0 Å². The van der Waals surface area contributed by atoms with Crippen LogP contribution in [0.25, 0.3) is 0 Å². The molecule has 0 rings (SSSR count). The van der Waals surface area contributed by atoms with Crippen LogP contribution in [0.1, 0.15) is 46.5 Å². The number of aliphatic hydroxyl groups excluding tert-OH is 1. The molecule has 0 fully saturated rings. The fraction of sp³-hybridized carbons (Fsp3) is 0.909. The van der Waals surface area contributed by atoms with Crippen LogP contribution in [0.3, 0.4) is 0 Å². The number of aliphatic hydroxyl groups is 1. The molecule has 0 aliphatic carbocycles. The average molecular weight is 216 g/mol. The zero-order valence-electron chi connectivity index (χ0n) is 10.0. The summed E-state index contributed by atoms with van der Waals surface area (Å²) in [6.07, 6.45) is 2.66. The van der Waals surface area contributed by atoms with E-state index in [1.807, 2.05) is 20.8 Å². The molecule has 0 bridgehead atoms. The van der Waals surface area contributed by atoms with Gasteiger partial charge in [0.1, 0.15) is 0 Å². The van der Waals surface area contributed by atoms with Crippen LogP contribution in [0.2, 0.25) is 0 Å². The maximum atomic E-state index is 11.9. The summed E-state index contributed by atoms with van der Waals surface area (Å²) < 4.78 is 0. The molecule has 0 saturated carbocycles. The minimum absolute atomic E-state index is 0.0310. The van der Waals surface area contributed by atoms with Crippen molar-refractivity contribution in [1.82, 2.24) is 5.32 Å². The third-order valence-electron chi connectivity index (χ3n) is 3.02. The van der Waals surface area contributed by atoms with Crippen LogP contribution in [0.4, 0.5) is 0 Å². The Morgan fingerprint density at radius 2 is 1.93 bits per heavy atom. The molecule has 1 atom stereocenters. The van der Waals surface area contributed by atoms with Gasteiger partial charge in [-0.25, -0.2) is 0 Å². The van der Waals surface area contributed by atoms with Gasteiger partial charge in [0.25, 0.3) is 0 Å². The van der Waals surface area contributed by atoms with E-state index in [-0.39, 0.29) is 18.6 Å². The van der Waals surface area contributed by atoms with Crippen LogP contribution in [-0.2, 0) is 4.79 Å².